The van der Waals surface area contributed by atoms with Crippen molar-refractivity contribution in [2.24, 2.45) is 5.73 Å². The summed E-state index contributed by atoms with van der Waals surface area (Å²) < 4.78 is 36.7. The fourth-order valence-electron chi connectivity index (χ4n) is 0.856. The first-order chi connectivity index (χ1) is 5.93. The molecule has 1 rings (SSSR count). The summed E-state index contributed by atoms with van der Waals surface area (Å²) in [6.45, 7) is 0. The summed E-state index contributed by atoms with van der Waals surface area (Å²) in [7, 11) is 0. The number of nitrogens with one attached hydrogen (secondary N) is 1. The highest BCUT2D eigenvalue weighted by atomic mass is 35.5. The lowest BCUT2D eigenvalue weighted by molar-refractivity contribution is -0.137. The van der Waals surface area contributed by atoms with Crippen LogP contribution in [0, 0.1) is 5.41 Å². The molecule has 0 saturated heterocycles. The smallest absolute Gasteiger partial charge is 0.384 e. The molecule has 78 valence electrons. The minimum absolute atomic E-state index is 0. The number of nitrogen functional groups attached to an aromatic ring is 1. The molecule has 1 aromatic heterocycles. The maximum absolute atomic E-state index is 12.2. The number of nitrogens with zero attached hydrogens (tertiary/aromatic N) is 1. The normalized spacial score (nSPS) is 10.5. The molecule has 1 aromatic rings. The quantitative estimate of drug-likeness (QED) is 0.566. The first kappa shape index (κ1) is 12.7. The van der Waals surface area contributed by atoms with Crippen molar-refractivity contribution in [3.8, 4) is 0 Å². The molecule has 7 heteroatoms. The van der Waals surface area contributed by atoms with Crippen LogP contribution in [0.2, 0.25) is 0 Å². The first-order valence-corrected chi connectivity index (χ1v) is 3.28. The van der Waals surface area contributed by atoms with Gasteiger partial charge in [0.2, 0.25) is 0 Å². The summed E-state index contributed by atoms with van der Waals surface area (Å²) in [5.74, 6) is -0.638. The zero-order valence-electron chi connectivity index (χ0n) is 6.80. The second-order valence-electron chi connectivity index (χ2n) is 2.33. The van der Waals surface area contributed by atoms with Crippen molar-refractivity contribution in [2.45, 2.75) is 6.18 Å². The highest BCUT2D eigenvalue weighted by Gasteiger charge is 2.33. The maximum atomic E-state index is 12.2. The third-order valence-electron chi connectivity index (χ3n) is 1.42. The van der Waals surface area contributed by atoms with Crippen molar-refractivity contribution in [1.82, 2.24) is 4.98 Å². The standard InChI is InChI=1S/C7H6F3N3.ClH/c8-7(9,10)5-1-2-13-3-4(5)6(11)12;/h1-3H,(H3,11,12);1H. The van der Waals surface area contributed by atoms with Crippen molar-refractivity contribution in [3.05, 3.63) is 29.6 Å². The molecular weight excluding hydrogens is 219 g/mol. The van der Waals surface area contributed by atoms with E-state index in [-0.39, 0.29) is 12.4 Å². The van der Waals surface area contributed by atoms with Crippen LogP contribution in [-0.2, 0) is 6.18 Å². The van der Waals surface area contributed by atoms with Gasteiger partial charge in [-0.05, 0) is 6.07 Å². The Balaban J connectivity index is 0.00000169. The molecule has 0 fully saturated rings. The van der Waals surface area contributed by atoms with Gasteiger partial charge in [0.05, 0.1) is 5.56 Å². The Morgan fingerprint density at radius 3 is 2.36 bits per heavy atom. The molecule has 0 radical (unpaired) electrons. The topological polar surface area (TPSA) is 62.8 Å². The zero-order valence-corrected chi connectivity index (χ0v) is 7.62. The molecule has 0 saturated carbocycles. The summed E-state index contributed by atoms with van der Waals surface area (Å²) in [6, 6.07) is 0.788. The monoisotopic (exact) mass is 225 g/mol. The Bertz CT molecular complexity index is 337. The molecule has 0 unspecified atom stereocenters. The van der Waals surface area contributed by atoms with Crippen LogP contribution < -0.4 is 5.73 Å². The summed E-state index contributed by atoms with van der Waals surface area (Å²) in [5.41, 5.74) is 3.63. The van der Waals surface area contributed by atoms with Gasteiger partial charge in [-0.15, -0.1) is 12.4 Å². The van der Waals surface area contributed by atoms with Crippen LogP contribution >= 0.6 is 12.4 Å². The van der Waals surface area contributed by atoms with Crippen LogP contribution in [0.4, 0.5) is 13.2 Å². The van der Waals surface area contributed by atoms with E-state index < -0.39 is 23.1 Å². The third kappa shape index (κ3) is 2.59. The molecule has 3 N–H and O–H groups in total. The molecule has 3 nitrogen and oxygen atoms in total. The van der Waals surface area contributed by atoms with E-state index in [4.69, 9.17) is 11.1 Å². The molecule has 0 aliphatic carbocycles. The van der Waals surface area contributed by atoms with Gasteiger partial charge >= 0.3 is 6.18 Å². The fourth-order valence-corrected chi connectivity index (χ4v) is 0.856. The lowest BCUT2D eigenvalue weighted by atomic mass is 10.1. The van der Waals surface area contributed by atoms with Gasteiger partial charge in [-0.3, -0.25) is 10.4 Å². The van der Waals surface area contributed by atoms with Gasteiger partial charge in [0, 0.05) is 18.0 Å². The van der Waals surface area contributed by atoms with E-state index in [0.717, 1.165) is 18.5 Å². The largest absolute Gasteiger partial charge is 0.417 e. The molecule has 0 aliphatic heterocycles. The molecular formula is C7H7ClF3N3. The van der Waals surface area contributed by atoms with E-state index in [1.165, 1.54) is 0 Å². The van der Waals surface area contributed by atoms with Crippen molar-refractivity contribution in [2.75, 3.05) is 0 Å². The molecule has 0 spiro atoms. The predicted octanol–water partition coefficient (Wildman–Crippen LogP) is 1.81. The lowest BCUT2D eigenvalue weighted by Crippen LogP contribution is -2.18. The third-order valence-corrected chi connectivity index (χ3v) is 1.42. The van der Waals surface area contributed by atoms with Crippen molar-refractivity contribution in [3.63, 3.8) is 0 Å². The van der Waals surface area contributed by atoms with E-state index in [9.17, 15) is 13.2 Å². The van der Waals surface area contributed by atoms with Crippen LogP contribution in [0.3, 0.4) is 0 Å². The number of alkyl halides is 3. The van der Waals surface area contributed by atoms with Crippen LogP contribution in [0.1, 0.15) is 11.1 Å². The average molecular weight is 226 g/mol. The van der Waals surface area contributed by atoms with Gasteiger partial charge in [-0.1, -0.05) is 0 Å². The number of hydrogen-bond acceptors (Lipinski definition) is 2. The zero-order chi connectivity index (χ0) is 10.1. The van der Waals surface area contributed by atoms with Crippen LogP contribution in [0.15, 0.2) is 18.5 Å². The summed E-state index contributed by atoms with van der Waals surface area (Å²) >= 11 is 0. The van der Waals surface area contributed by atoms with Crippen LogP contribution in [-0.4, -0.2) is 10.8 Å². The van der Waals surface area contributed by atoms with Crippen molar-refractivity contribution < 1.29 is 13.2 Å². The molecule has 0 bridgehead atoms. The van der Waals surface area contributed by atoms with Crippen LogP contribution in [0.5, 0.6) is 0 Å². The van der Waals surface area contributed by atoms with Crippen molar-refractivity contribution in [1.29, 1.82) is 5.41 Å². The van der Waals surface area contributed by atoms with Gasteiger partial charge in [0.1, 0.15) is 5.84 Å². The highest BCUT2D eigenvalue weighted by molar-refractivity contribution is 5.96. The van der Waals surface area contributed by atoms with Gasteiger partial charge in [-0.2, -0.15) is 13.2 Å². The average Bonchev–Trinajstić information content (AvgIpc) is 2.03. The lowest BCUT2D eigenvalue weighted by Gasteiger charge is -2.10. The van der Waals surface area contributed by atoms with Gasteiger partial charge < -0.3 is 5.73 Å². The van der Waals surface area contributed by atoms with Gasteiger partial charge in [-0.25, -0.2) is 0 Å². The molecule has 0 amide bonds. The fraction of sp³-hybridized carbons (Fsp3) is 0.143. The summed E-state index contributed by atoms with van der Waals surface area (Å²) in [6.07, 6.45) is -2.57. The predicted molar refractivity (Wildman–Crippen MR) is 47.5 cm³/mol. The van der Waals surface area contributed by atoms with Gasteiger partial charge in [0.25, 0.3) is 0 Å². The molecule has 0 aromatic carbocycles. The second-order valence-corrected chi connectivity index (χ2v) is 2.33. The number of aromatic nitrogens is 1. The van der Waals surface area contributed by atoms with Crippen molar-refractivity contribution >= 4 is 18.2 Å². The highest BCUT2D eigenvalue weighted by Crippen LogP contribution is 2.30. The van der Waals surface area contributed by atoms with E-state index in [2.05, 4.69) is 4.98 Å². The Morgan fingerprint density at radius 1 is 1.43 bits per heavy atom. The Kier molecular flexibility index (Phi) is 3.88. The van der Waals surface area contributed by atoms with Crippen LogP contribution in [0.25, 0.3) is 0 Å². The number of pyridine rings is 1. The Morgan fingerprint density at radius 2 is 2.00 bits per heavy atom. The Labute approximate surface area is 84.1 Å². The van der Waals surface area contributed by atoms with E-state index in [1.54, 1.807) is 0 Å². The Hall–Kier alpha value is -1.30. The number of nitrogens with two attached hydrogens (primary N) is 1. The van der Waals surface area contributed by atoms with E-state index in [0.29, 0.717) is 0 Å². The number of rotatable bonds is 1. The molecule has 1 heterocycles. The number of hydrogen-bond donors (Lipinski definition) is 2. The molecule has 0 aliphatic rings. The molecule has 14 heavy (non-hydrogen) atoms. The number of amidine groups is 1. The van der Waals surface area contributed by atoms with E-state index >= 15 is 0 Å². The number of halogens is 4. The SMILES string of the molecule is Cl.N=C(N)c1cnccc1C(F)(F)F. The summed E-state index contributed by atoms with van der Waals surface area (Å²) in [5, 5.41) is 6.89. The molecule has 0 atom stereocenters. The van der Waals surface area contributed by atoms with Gasteiger partial charge in [0.15, 0.2) is 0 Å². The second kappa shape index (κ2) is 4.28. The summed E-state index contributed by atoms with van der Waals surface area (Å²) in [4.78, 5) is 3.46. The minimum Gasteiger partial charge on any atom is -0.384 e. The van der Waals surface area contributed by atoms with E-state index in [1.807, 2.05) is 0 Å². The maximum Gasteiger partial charge on any atom is 0.417 e. The minimum atomic E-state index is -4.50. The first-order valence-electron chi connectivity index (χ1n) is 3.28.